The number of amides is 1. The first kappa shape index (κ1) is 17.8. The van der Waals surface area contributed by atoms with Gasteiger partial charge < -0.3 is 10.1 Å². The lowest BCUT2D eigenvalue weighted by molar-refractivity contribution is -0.129. The zero-order valence-corrected chi connectivity index (χ0v) is 13.4. The second-order valence-corrected chi connectivity index (χ2v) is 5.68. The van der Waals surface area contributed by atoms with Crippen molar-refractivity contribution in [2.75, 3.05) is 13.2 Å². The van der Waals surface area contributed by atoms with Crippen molar-refractivity contribution in [3.8, 4) is 6.07 Å². The predicted molar refractivity (Wildman–Crippen MR) is 86.1 cm³/mol. The number of carbonyl (C=O) groups is 2. The van der Waals surface area contributed by atoms with E-state index in [-0.39, 0.29) is 11.9 Å². The molecule has 1 saturated heterocycles. The van der Waals surface area contributed by atoms with Crippen LogP contribution in [-0.2, 0) is 14.3 Å². The molecule has 0 bridgehead atoms. The lowest BCUT2D eigenvalue weighted by Crippen LogP contribution is -2.38. The summed E-state index contributed by atoms with van der Waals surface area (Å²) in [6.07, 6.45) is 2.99. The van der Waals surface area contributed by atoms with Gasteiger partial charge in [0.25, 0.3) is 0 Å². The van der Waals surface area contributed by atoms with Crippen LogP contribution in [0.4, 0.5) is 4.39 Å². The summed E-state index contributed by atoms with van der Waals surface area (Å²) in [4.78, 5) is 24.2. The fraction of sp³-hybridized carbons (Fsp3) is 0.389. The van der Waals surface area contributed by atoms with E-state index in [0.717, 1.165) is 12.8 Å². The normalized spacial score (nSPS) is 18.7. The van der Waals surface area contributed by atoms with Crippen LogP contribution < -0.4 is 5.32 Å². The Morgan fingerprint density at radius 2 is 2.17 bits per heavy atom. The molecule has 24 heavy (non-hydrogen) atoms. The maximum atomic E-state index is 12.9. The molecule has 0 aromatic heterocycles. The molecule has 1 fully saturated rings. The molecule has 2 atom stereocenters. The molecule has 2 unspecified atom stereocenters. The van der Waals surface area contributed by atoms with Gasteiger partial charge in [-0.3, -0.25) is 9.59 Å². The molecule has 1 aromatic rings. The molecule has 0 saturated carbocycles. The first-order valence-corrected chi connectivity index (χ1v) is 7.78. The minimum Gasteiger partial charge on any atom is -0.376 e. The van der Waals surface area contributed by atoms with Crippen molar-refractivity contribution in [1.82, 2.24) is 5.32 Å². The Morgan fingerprint density at radius 1 is 1.46 bits per heavy atom. The van der Waals surface area contributed by atoms with Crippen LogP contribution in [0.15, 0.2) is 30.3 Å². The van der Waals surface area contributed by atoms with Crippen LogP contribution in [0, 0.1) is 23.1 Å². The van der Waals surface area contributed by atoms with Crippen LogP contribution >= 0.6 is 0 Å². The lowest BCUT2D eigenvalue weighted by atomic mass is 9.99. The van der Waals surface area contributed by atoms with Crippen LogP contribution in [0.3, 0.4) is 0 Å². The number of ether oxygens (including phenoxy) is 1. The van der Waals surface area contributed by atoms with E-state index in [2.05, 4.69) is 5.32 Å². The van der Waals surface area contributed by atoms with Crippen LogP contribution in [0.1, 0.15) is 25.3 Å². The Morgan fingerprint density at radius 3 is 2.75 bits per heavy atom. The standard InChI is InChI=1S/C18H19FN2O3/c1-12(13-4-6-14(19)7-5-13)9-17(22)16(10-20)18(23)21-11-15-3-2-8-24-15/h4-7,9,15-16H,2-3,8,11H2,1H3,(H,21,23)/b12-9+. The number of hydrogen-bond donors (Lipinski definition) is 1. The molecule has 0 aliphatic carbocycles. The van der Waals surface area contributed by atoms with Crippen molar-refractivity contribution in [3.63, 3.8) is 0 Å². The molecule has 126 valence electrons. The fourth-order valence-corrected chi connectivity index (χ4v) is 2.47. The van der Waals surface area contributed by atoms with E-state index < -0.39 is 17.6 Å². The largest absolute Gasteiger partial charge is 0.376 e. The molecule has 1 aliphatic rings. The number of halogens is 1. The number of nitrogens with one attached hydrogen (secondary N) is 1. The molecule has 2 rings (SSSR count). The number of benzene rings is 1. The summed E-state index contributed by atoms with van der Waals surface area (Å²) in [7, 11) is 0. The maximum Gasteiger partial charge on any atom is 0.245 e. The molecule has 0 radical (unpaired) electrons. The smallest absolute Gasteiger partial charge is 0.245 e. The van der Waals surface area contributed by atoms with E-state index in [0.29, 0.717) is 24.3 Å². The molecule has 1 heterocycles. The van der Waals surface area contributed by atoms with E-state index in [9.17, 15) is 14.0 Å². The van der Waals surface area contributed by atoms with Crippen molar-refractivity contribution in [3.05, 3.63) is 41.7 Å². The zero-order chi connectivity index (χ0) is 17.5. The first-order valence-electron chi connectivity index (χ1n) is 7.78. The molecule has 6 heteroatoms. The van der Waals surface area contributed by atoms with Gasteiger partial charge in [0.1, 0.15) is 5.82 Å². The van der Waals surface area contributed by atoms with Gasteiger partial charge in [-0.25, -0.2) is 4.39 Å². The second kappa shape index (κ2) is 8.37. The quantitative estimate of drug-likeness (QED) is 0.641. The number of hydrogen-bond acceptors (Lipinski definition) is 4. The van der Waals surface area contributed by atoms with Crippen LogP contribution in [0.2, 0.25) is 0 Å². The van der Waals surface area contributed by atoms with Gasteiger partial charge in [-0.2, -0.15) is 5.26 Å². The monoisotopic (exact) mass is 330 g/mol. The van der Waals surface area contributed by atoms with Crippen molar-refractivity contribution >= 4 is 17.3 Å². The molecule has 0 spiro atoms. The van der Waals surface area contributed by atoms with Crippen molar-refractivity contribution in [2.45, 2.75) is 25.9 Å². The highest BCUT2D eigenvalue weighted by Crippen LogP contribution is 2.16. The van der Waals surface area contributed by atoms with Crippen LogP contribution in [0.25, 0.3) is 5.57 Å². The Kier molecular flexibility index (Phi) is 6.21. The Balaban J connectivity index is 1.99. The fourth-order valence-electron chi connectivity index (χ4n) is 2.47. The average Bonchev–Trinajstić information content (AvgIpc) is 3.07. The van der Waals surface area contributed by atoms with Gasteiger partial charge in [-0.1, -0.05) is 12.1 Å². The highest BCUT2D eigenvalue weighted by atomic mass is 19.1. The predicted octanol–water partition coefficient (Wildman–Crippen LogP) is 2.23. The van der Waals surface area contributed by atoms with Gasteiger partial charge in [-0.15, -0.1) is 0 Å². The minimum atomic E-state index is -1.40. The molecular weight excluding hydrogens is 311 g/mol. The van der Waals surface area contributed by atoms with Crippen molar-refractivity contribution in [1.29, 1.82) is 5.26 Å². The topological polar surface area (TPSA) is 79.2 Å². The first-order chi connectivity index (χ1) is 11.5. The average molecular weight is 330 g/mol. The molecule has 1 amide bonds. The maximum absolute atomic E-state index is 12.9. The second-order valence-electron chi connectivity index (χ2n) is 5.68. The van der Waals surface area contributed by atoms with Gasteiger partial charge in [-0.05, 0) is 49.1 Å². The van der Waals surface area contributed by atoms with E-state index in [1.165, 1.54) is 30.3 Å². The molecule has 1 aliphatic heterocycles. The van der Waals surface area contributed by atoms with Gasteiger partial charge in [0.15, 0.2) is 11.7 Å². The summed E-state index contributed by atoms with van der Waals surface area (Å²) >= 11 is 0. The van der Waals surface area contributed by atoms with Crippen molar-refractivity contribution in [2.24, 2.45) is 5.92 Å². The summed E-state index contributed by atoms with van der Waals surface area (Å²) in [5.74, 6) is -2.99. The summed E-state index contributed by atoms with van der Waals surface area (Å²) < 4.78 is 18.3. The van der Waals surface area contributed by atoms with Crippen LogP contribution in [0.5, 0.6) is 0 Å². The Hall–Kier alpha value is -2.52. The van der Waals surface area contributed by atoms with Gasteiger partial charge >= 0.3 is 0 Å². The number of carbonyl (C=O) groups excluding carboxylic acids is 2. The minimum absolute atomic E-state index is 0.0557. The third-order valence-corrected chi connectivity index (χ3v) is 3.86. The van der Waals surface area contributed by atoms with Gasteiger partial charge in [0, 0.05) is 13.2 Å². The summed E-state index contributed by atoms with van der Waals surface area (Å²) in [5, 5.41) is 11.7. The number of nitriles is 1. The summed E-state index contributed by atoms with van der Waals surface area (Å²) in [5.41, 5.74) is 1.22. The highest BCUT2D eigenvalue weighted by molar-refractivity contribution is 6.11. The SMILES string of the molecule is C/C(=C\C(=O)C(C#N)C(=O)NCC1CCCO1)c1ccc(F)cc1. The molecule has 1 N–H and O–H groups in total. The number of allylic oxidation sites excluding steroid dienone is 2. The zero-order valence-electron chi connectivity index (χ0n) is 13.4. The van der Waals surface area contributed by atoms with E-state index >= 15 is 0 Å². The lowest BCUT2D eigenvalue weighted by Gasteiger charge is -2.12. The van der Waals surface area contributed by atoms with Crippen molar-refractivity contribution < 1.29 is 18.7 Å². The molecule has 1 aromatic carbocycles. The summed E-state index contributed by atoms with van der Waals surface area (Å²) in [6.45, 7) is 2.63. The van der Waals surface area contributed by atoms with Crippen LogP contribution in [-0.4, -0.2) is 30.9 Å². The van der Waals surface area contributed by atoms with E-state index in [4.69, 9.17) is 10.00 Å². The molecule has 5 nitrogen and oxygen atoms in total. The Labute approximate surface area is 140 Å². The number of rotatable bonds is 6. The van der Waals surface area contributed by atoms with E-state index in [1.54, 1.807) is 13.0 Å². The van der Waals surface area contributed by atoms with Gasteiger partial charge in [0.05, 0.1) is 12.2 Å². The Bertz CT molecular complexity index is 670. The number of ketones is 1. The summed E-state index contributed by atoms with van der Waals surface area (Å²) in [6, 6.07) is 7.38. The third kappa shape index (κ3) is 4.74. The highest BCUT2D eigenvalue weighted by Gasteiger charge is 2.26. The third-order valence-electron chi connectivity index (χ3n) is 3.86. The molecular formula is C18H19FN2O3. The number of nitrogens with zero attached hydrogens (tertiary/aromatic N) is 1. The van der Waals surface area contributed by atoms with Gasteiger partial charge in [0.2, 0.25) is 5.91 Å². The van der Waals surface area contributed by atoms with E-state index in [1.807, 2.05) is 0 Å².